The van der Waals surface area contributed by atoms with Crippen molar-refractivity contribution in [1.82, 2.24) is 0 Å². The van der Waals surface area contributed by atoms with Gasteiger partial charge in [-0.3, -0.25) is 4.79 Å². The molecule has 2 rings (SSSR count). The minimum Gasteiger partial charge on any atom is -0.449 e. The van der Waals surface area contributed by atoms with Crippen LogP contribution in [0.3, 0.4) is 0 Å². The zero-order valence-electron chi connectivity index (χ0n) is 15.6. The Bertz CT molecular complexity index is 867. The Morgan fingerprint density at radius 1 is 1.04 bits per heavy atom. The smallest absolute Gasteiger partial charge is 0.416 e. The first kappa shape index (κ1) is 21.2. The van der Waals surface area contributed by atoms with Crippen molar-refractivity contribution in [2.24, 2.45) is 0 Å². The monoisotopic (exact) mass is 391 g/mol. The molecule has 0 heterocycles. The van der Waals surface area contributed by atoms with Crippen LogP contribution in [0.4, 0.5) is 18.9 Å². The summed E-state index contributed by atoms with van der Waals surface area (Å²) in [5, 5.41) is 2.73. The van der Waals surface area contributed by atoms with Crippen LogP contribution in [0.2, 0.25) is 0 Å². The number of hydrogen-bond donors (Lipinski definition) is 1. The Labute approximate surface area is 161 Å². The number of nitrogens with one attached hydrogen (secondary N) is 1. The van der Waals surface area contributed by atoms with Crippen LogP contribution in [0.25, 0.3) is 6.08 Å². The first-order chi connectivity index (χ1) is 13.1. The first-order valence-corrected chi connectivity index (χ1v) is 8.51. The van der Waals surface area contributed by atoms with Gasteiger partial charge in [-0.05, 0) is 55.7 Å². The average molecular weight is 391 g/mol. The summed E-state index contributed by atoms with van der Waals surface area (Å²) in [7, 11) is 0. The number of ether oxygens (including phenoxy) is 1. The van der Waals surface area contributed by atoms with Crippen LogP contribution in [0.5, 0.6) is 0 Å². The third-order valence-electron chi connectivity index (χ3n) is 4.04. The Morgan fingerprint density at radius 3 is 2.14 bits per heavy atom. The number of esters is 1. The van der Waals surface area contributed by atoms with Crippen molar-refractivity contribution in [3.63, 3.8) is 0 Å². The number of rotatable bonds is 5. The van der Waals surface area contributed by atoms with Crippen molar-refractivity contribution in [2.45, 2.75) is 33.1 Å². The number of aryl methyl sites for hydroxylation is 2. The molecular formula is C21H20F3NO3. The summed E-state index contributed by atoms with van der Waals surface area (Å²) >= 11 is 0. The summed E-state index contributed by atoms with van der Waals surface area (Å²) < 4.78 is 42.6. The van der Waals surface area contributed by atoms with Gasteiger partial charge in [-0.1, -0.05) is 30.3 Å². The van der Waals surface area contributed by atoms with Crippen molar-refractivity contribution in [3.05, 3.63) is 70.8 Å². The highest BCUT2D eigenvalue weighted by Gasteiger charge is 2.29. The van der Waals surface area contributed by atoms with Crippen molar-refractivity contribution < 1.29 is 27.5 Å². The number of halogens is 3. The normalized spacial score (nSPS) is 12.6. The molecular weight excluding hydrogens is 371 g/mol. The van der Waals surface area contributed by atoms with Crippen LogP contribution in [0, 0.1) is 13.8 Å². The summed E-state index contributed by atoms with van der Waals surface area (Å²) in [6, 6.07) is 9.90. The summed E-state index contributed by atoms with van der Waals surface area (Å²) in [6.45, 7) is 5.14. The summed E-state index contributed by atoms with van der Waals surface area (Å²) in [5.41, 5.74) is 2.06. The predicted molar refractivity (Wildman–Crippen MR) is 101 cm³/mol. The van der Waals surface area contributed by atoms with E-state index in [0.717, 1.165) is 29.3 Å². The highest BCUT2D eigenvalue weighted by Crippen LogP contribution is 2.29. The predicted octanol–water partition coefficient (Wildman–Crippen LogP) is 4.91. The van der Waals surface area contributed by atoms with E-state index in [0.29, 0.717) is 11.3 Å². The third kappa shape index (κ3) is 5.70. The fourth-order valence-corrected chi connectivity index (χ4v) is 2.45. The molecule has 0 unspecified atom stereocenters. The van der Waals surface area contributed by atoms with Gasteiger partial charge in [-0.25, -0.2) is 4.79 Å². The number of alkyl halides is 3. The van der Waals surface area contributed by atoms with E-state index in [1.165, 1.54) is 25.1 Å². The van der Waals surface area contributed by atoms with Crippen LogP contribution in [-0.4, -0.2) is 18.0 Å². The van der Waals surface area contributed by atoms with Gasteiger partial charge in [-0.15, -0.1) is 0 Å². The second-order valence-electron chi connectivity index (χ2n) is 6.29. The van der Waals surface area contributed by atoms with Gasteiger partial charge in [0.2, 0.25) is 0 Å². The number of amides is 1. The third-order valence-corrected chi connectivity index (χ3v) is 4.04. The zero-order chi connectivity index (χ0) is 20.9. The lowest BCUT2D eigenvalue weighted by atomic mass is 10.1. The Morgan fingerprint density at radius 2 is 1.61 bits per heavy atom. The van der Waals surface area contributed by atoms with Crippen molar-refractivity contribution in [1.29, 1.82) is 0 Å². The Balaban J connectivity index is 1.94. The standard InChI is InChI=1S/C21H20F3NO3/c1-13-5-4-6-14(2)19(13)25-20(27)15(3)28-18(26)12-9-16-7-10-17(11-8-16)21(22,23)24/h4-12,15H,1-3H3,(H,25,27)/b12-9+/t15-/m1/s1. The Hall–Kier alpha value is -3.09. The fraction of sp³-hybridized carbons (Fsp3) is 0.238. The summed E-state index contributed by atoms with van der Waals surface area (Å²) in [4.78, 5) is 24.1. The quantitative estimate of drug-likeness (QED) is 0.582. The number of benzene rings is 2. The number of hydrogen-bond acceptors (Lipinski definition) is 3. The van der Waals surface area contributed by atoms with Crippen LogP contribution >= 0.6 is 0 Å². The lowest BCUT2D eigenvalue weighted by molar-refractivity contribution is -0.148. The molecule has 1 N–H and O–H groups in total. The summed E-state index contributed by atoms with van der Waals surface area (Å²) in [6.07, 6.45) is -3.08. The number of anilines is 1. The lowest BCUT2D eigenvalue weighted by Crippen LogP contribution is -2.30. The second kappa shape index (κ2) is 8.73. The molecule has 2 aromatic carbocycles. The minimum absolute atomic E-state index is 0.401. The van der Waals surface area contributed by atoms with Gasteiger partial charge in [0.15, 0.2) is 6.10 Å². The highest BCUT2D eigenvalue weighted by molar-refractivity contribution is 5.97. The molecule has 7 heteroatoms. The molecule has 0 bridgehead atoms. The van der Waals surface area contributed by atoms with E-state index in [-0.39, 0.29) is 0 Å². The van der Waals surface area contributed by atoms with Gasteiger partial charge >= 0.3 is 12.1 Å². The molecule has 0 saturated carbocycles. The molecule has 0 radical (unpaired) electrons. The van der Waals surface area contributed by atoms with Crippen LogP contribution in [0.15, 0.2) is 48.5 Å². The van der Waals surface area contributed by atoms with Gasteiger partial charge in [0.25, 0.3) is 5.91 Å². The number of carbonyl (C=O) groups is 2. The molecule has 2 aromatic rings. The maximum atomic E-state index is 12.5. The number of para-hydroxylation sites is 1. The maximum Gasteiger partial charge on any atom is 0.416 e. The summed E-state index contributed by atoms with van der Waals surface area (Å²) in [5.74, 6) is -1.25. The molecule has 1 atom stereocenters. The van der Waals surface area contributed by atoms with Gasteiger partial charge in [0.1, 0.15) is 0 Å². The molecule has 0 aliphatic heterocycles. The van der Waals surface area contributed by atoms with E-state index in [1.807, 2.05) is 32.0 Å². The molecule has 0 aromatic heterocycles. The molecule has 4 nitrogen and oxygen atoms in total. The van der Waals surface area contributed by atoms with Crippen molar-refractivity contribution in [3.8, 4) is 0 Å². The van der Waals surface area contributed by atoms with E-state index in [9.17, 15) is 22.8 Å². The Kier molecular flexibility index (Phi) is 6.62. The fourth-order valence-electron chi connectivity index (χ4n) is 2.45. The molecule has 0 saturated heterocycles. The van der Waals surface area contributed by atoms with Crippen molar-refractivity contribution in [2.75, 3.05) is 5.32 Å². The molecule has 0 fully saturated rings. The topological polar surface area (TPSA) is 55.4 Å². The SMILES string of the molecule is Cc1cccc(C)c1NC(=O)[C@@H](C)OC(=O)/C=C/c1ccc(C(F)(F)F)cc1. The number of carbonyl (C=O) groups excluding carboxylic acids is 2. The molecule has 0 aliphatic carbocycles. The minimum atomic E-state index is -4.42. The van der Waals surface area contributed by atoms with Crippen LogP contribution < -0.4 is 5.32 Å². The van der Waals surface area contributed by atoms with E-state index in [4.69, 9.17) is 4.74 Å². The van der Waals surface area contributed by atoms with E-state index >= 15 is 0 Å². The van der Waals surface area contributed by atoms with Gasteiger partial charge in [-0.2, -0.15) is 13.2 Å². The molecule has 0 spiro atoms. The van der Waals surface area contributed by atoms with E-state index in [1.54, 1.807) is 0 Å². The van der Waals surface area contributed by atoms with Gasteiger partial charge in [0.05, 0.1) is 5.56 Å². The van der Waals surface area contributed by atoms with Crippen LogP contribution in [0.1, 0.15) is 29.2 Å². The largest absolute Gasteiger partial charge is 0.449 e. The van der Waals surface area contributed by atoms with Gasteiger partial charge in [0, 0.05) is 11.8 Å². The maximum absolute atomic E-state index is 12.5. The first-order valence-electron chi connectivity index (χ1n) is 8.51. The van der Waals surface area contributed by atoms with Crippen LogP contribution in [-0.2, 0) is 20.5 Å². The second-order valence-corrected chi connectivity index (χ2v) is 6.29. The zero-order valence-corrected chi connectivity index (χ0v) is 15.6. The van der Waals surface area contributed by atoms with E-state index in [2.05, 4.69) is 5.32 Å². The van der Waals surface area contributed by atoms with Gasteiger partial charge < -0.3 is 10.1 Å². The molecule has 28 heavy (non-hydrogen) atoms. The van der Waals surface area contributed by atoms with Crippen molar-refractivity contribution >= 4 is 23.6 Å². The molecule has 148 valence electrons. The lowest BCUT2D eigenvalue weighted by Gasteiger charge is -2.15. The molecule has 0 aliphatic rings. The van der Waals surface area contributed by atoms with E-state index < -0.39 is 29.7 Å². The average Bonchev–Trinajstić information content (AvgIpc) is 2.62. The highest BCUT2D eigenvalue weighted by atomic mass is 19.4. The molecule has 1 amide bonds.